The van der Waals surface area contributed by atoms with Gasteiger partial charge in [0.25, 0.3) is 0 Å². The molecule has 1 unspecified atom stereocenters. The summed E-state index contributed by atoms with van der Waals surface area (Å²) in [7, 11) is 0. The van der Waals surface area contributed by atoms with Gasteiger partial charge in [0, 0.05) is 0 Å². The topological polar surface area (TPSA) is 63.3 Å². The molecule has 60 valence electrons. The lowest BCUT2D eigenvalue weighted by Gasteiger charge is -2.26. The summed E-state index contributed by atoms with van der Waals surface area (Å²) in [6.45, 7) is 5.78. The highest BCUT2D eigenvalue weighted by Gasteiger charge is 2.29. The van der Waals surface area contributed by atoms with Crippen LogP contribution in [0.15, 0.2) is 0 Å². The van der Waals surface area contributed by atoms with Crippen molar-refractivity contribution < 1.29 is 9.90 Å². The largest absolute Gasteiger partial charge is 0.481 e. The summed E-state index contributed by atoms with van der Waals surface area (Å²) < 4.78 is 0. The number of carbonyl (C=O) groups is 1. The number of hydrogen-bond acceptors (Lipinski definition) is 2. The van der Waals surface area contributed by atoms with E-state index in [0.29, 0.717) is 6.54 Å². The van der Waals surface area contributed by atoms with Gasteiger partial charge in [-0.3, -0.25) is 4.79 Å². The molecule has 0 saturated heterocycles. The second-order valence-electron chi connectivity index (χ2n) is 3.25. The Balaban J connectivity index is 4.17. The van der Waals surface area contributed by atoms with Gasteiger partial charge in [-0.2, -0.15) is 0 Å². The van der Waals surface area contributed by atoms with Crippen LogP contribution in [-0.2, 0) is 4.79 Å². The Kier molecular flexibility index (Phi) is 2.84. The molecule has 3 N–H and O–H groups in total. The van der Waals surface area contributed by atoms with E-state index in [1.807, 2.05) is 13.8 Å². The number of aliphatic carboxylic acids is 1. The van der Waals surface area contributed by atoms with Crippen LogP contribution in [0.3, 0.4) is 0 Å². The minimum Gasteiger partial charge on any atom is -0.481 e. The Labute approximate surface area is 61.2 Å². The summed E-state index contributed by atoms with van der Waals surface area (Å²) in [4.78, 5) is 10.4. The molecule has 0 saturated carbocycles. The maximum absolute atomic E-state index is 10.4. The van der Waals surface area contributed by atoms with Crippen molar-refractivity contribution >= 4 is 5.97 Å². The molecule has 0 fully saturated rings. The third-order valence-corrected chi connectivity index (χ3v) is 2.07. The smallest absolute Gasteiger partial charge is 0.306 e. The lowest BCUT2D eigenvalue weighted by Crippen LogP contribution is -2.35. The number of hydrogen-bond donors (Lipinski definition) is 2. The minimum atomic E-state index is -0.782. The molecular weight excluding hydrogens is 130 g/mol. The molecule has 10 heavy (non-hydrogen) atoms. The van der Waals surface area contributed by atoms with Crippen molar-refractivity contribution in [1.29, 1.82) is 0 Å². The van der Waals surface area contributed by atoms with Crippen LogP contribution in [0.25, 0.3) is 0 Å². The first kappa shape index (κ1) is 9.43. The van der Waals surface area contributed by atoms with Gasteiger partial charge in [0.15, 0.2) is 0 Å². The van der Waals surface area contributed by atoms with Gasteiger partial charge in [-0.1, -0.05) is 20.8 Å². The van der Waals surface area contributed by atoms with Crippen LogP contribution in [0.5, 0.6) is 0 Å². The first-order valence-corrected chi connectivity index (χ1v) is 3.34. The first-order valence-electron chi connectivity index (χ1n) is 3.34. The summed E-state index contributed by atoms with van der Waals surface area (Å²) in [5.41, 5.74) is 5.08. The lowest BCUT2D eigenvalue weighted by atomic mass is 9.80. The monoisotopic (exact) mass is 145 g/mol. The van der Waals surface area contributed by atoms with Gasteiger partial charge in [0.2, 0.25) is 0 Å². The average molecular weight is 145 g/mol. The minimum absolute atomic E-state index is 0.300. The maximum Gasteiger partial charge on any atom is 0.306 e. The predicted molar refractivity (Wildman–Crippen MR) is 39.6 cm³/mol. The standard InChI is InChI=1S/C7H15NO2/c1-5(6(9)10)7(2,3)4-8/h5H,4,8H2,1-3H3,(H,9,10). The molecule has 0 aromatic rings. The van der Waals surface area contributed by atoms with Crippen molar-refractivity contribution in [3.05, 3.63) is 0 Å². The fourth-order valence-corrected chi connectivity index (χ4v) is 0.511. The van der Waals surface area contributed by atoms with E-state index in [9.17, 15) is 4.79 Å². The van der Waals surface area contributed by atoms with E-state index in [1.54, 1.807) is 6.92 Å². The van der Waals surface area contributed by atoms with Crippen molar-refractivity contribution in [2.24, 2.45) is 17.1 Å². The molecule has 0 rings (SSSR count). The zero-order chi connectivity index (χ0) is 8.36. The van der Waals surface area contributed by atoms with Gasteiger partial charge < -0.3 is 10.8 Å². The fourth-order valence-electron chi connectivity index (χ4n) is 0.511. The van der Waals surface area contributed by atoms with Crippen molar-refractivity contribution in [3.8, 4) is 0 Å². The van der Waals surface area contributed by atoms with Crippen LogP contribution in [-0.4, -0.2) is 17.6 Å². The second kappa shape index (κ2) is 3.01. The molecule has 0 heterocycles. The van der Waals surface area contributed by atoms with Gasteiger partial charge in [0.05, 0.1) is 5.92 Å². The van der Waals surface area contributed by atoms with E-state index in [-0.39, 0.29) is 11.3 Å². The third kappa shape index (κ3) is 1.99. The predicted octanol–water partition coefficient (Wildman–Crippen LogP) is 0.692. The Bertz CT molecular complexity index is 132. The highest BCUT2D eigenvalue weighted by molar-refractivity contribution is 5.70. The summed E-state index contributed by atoms with van der Waals surface area (Å²) in [5.74, 6) is -1.16. The number of carboxylic acids is 1. The first-order chi connectivity index (χ1) is 4.41. The number of nitrogens with two attached hydrogens (primary N) is 1. The number of rotatable bonds is 3. The molecule has 0 aliphatic heterocycles. The Morgan fingerprint density at radius 1 is 1.70 bits per heavy atom. The molecule has 0 radical (unpaired) electrons. The molecule has 3 heteroatoms. The van der Waals surface area contributed by atoms with Gasteiger partial charge >= 0.3 is 5.97 Å². The van der Waals surface area contributed by atoms with Crippen LogP contribution in [0.1, 0.15) is 20.8 Å². The SMILES string of the molecule is CC(C(=O)O)C(C)(C)CN. The fraction of sp³-hybridized carbons (Fsp3) is 0.857. The maximum atomic E-state index is 10.4. The Morgan fingerprint density at radius 2 is 2.10 bits per heavy atom. The second-order valence-corrected chi connectivity index (χ2v) is 3.25. The van der Waals surface area contributed by atoms with Gasteiger partial charge in [-0.25, -0.2) is 0 Å². The van der Waals surface area contributed by atoms with Crippen LogP contribution >= 0.6 is 0 Å². The summed E-state index contributed by atoms with van der Waals surface area (Å²) in [6.07, 6.45) is 0. The zero-order valence-corrected chi connectivity index (χ0v) is 6.72. The van der Waals surface area contributed by atoms with Gasteiger partial charge in [0.1, 0.15) is 0 Å². The zero-order valence-electron chi connectivity index (χ0n) is 6.72. The van der Waals surface area contributed by atoms with Gasteiger partial charge in [-0.15, -0.1) is 0 Å². The quantitative estimate of drug-likeness (QED) is 0.614. The van der Waals surface area contributed by atoms with Crippen molar-refractivity contribution in [2.75, 3.05) is 6.54 Å². The lowest BCUT2D eigenvalue weighted by molar-refractivity contribution is -0.144. The van der Waals surface area contributed by atoms with E-state index in [2.05, 4.69) is 0 Å². The molecule has 0 spiro atoms. The van der Waals surface area contributed by atoms with E-state index in [0.717, 1.165) is 0 Å². The van der Waals surface area contributed by atoms with Gasteiger partial charge in [-0.05, 0) is 12.0 Å². The number of carboxylic acid groups (broad SMARTS) is 1. The molecule has 0 aliphatic carbocycles. The normalized spacial score (nSPS) is 14.8. The molecule has 3 nitrogen and oxygen atoms in total. The molecule has 0 aliphatic rings. The summed E-state index contributed by atoms with van der Waals surface area (Å²) in [5, 5.41) is 8.59. The van der Waals surface area contributed by atoms with Crippen molar-refractivity contribution in [1.82, 2.24) is 0 Å². The Hall–Kier alpha value is -0.570. The molecule has 1 atom stereocenters. The summed E-state index contributed by atoms with van der Waals surface area (Å²) >= 11 is 0. The van der Waals surface area contributed by atoms with Crippen molar-refractivity contribution in [2.45, 2.75) is 20.8 Å². The molecule has 0 aromatic carbocycles. The van der Waals surface area contributed by atoms with E-state index in [1.165, 1.54) is 0 Å². The molecule has 0 bridgehead atoms. The van der Waals surface area contributed by atoms with Crippen LogP contribution in [0, 0.1) is 11.3 Å². The van der Waals surface area contributed by atoms with E-state index >= 15 is 0 Å². The highest BCUT2D eigenvalue weighted by Crippen LogP contribution is 2.24. The van der Waals surface area contributed by atoms with Crippen LogP contribution < -0.4 is 5.73 Å². The van der Waals surface area contributed by atoms with Crippen LogP contribution in [0.4, 0.5) is 0 Å². The van der Waals surface area contributed by atoms with Crippen LogP contribution in [0.2, 0.25) is 0 Å². The molecule has 0 aromatic heterocycles. The van der Waals surface area contributed by atoms with E-state index in [4.69, 9.17) is 10.8 Å². The summed E-state index contributed by atoms with van der Waals surface area (Å²) in [6, 6.07) is 0. The third-order valence-electron chi connectivity index (χ3n) is 2.07. The molecule has 0 amide bonds. The average Bonchev–Trinajstić information content (AvgIpc) is 1.86. The molecular formula is C7H15NO2. The Morgan fingerprint density at radius 3 is 2.20 bits per heavy atom. The van der Waals surface area contributed by atoms with E-state index < -0.39 is 5.97 Å². The highest BCUT2D eigenvalue weighted by atomic mass is 16.4. The van der Waals surface area contributed by atoms with Crippen molar-refractivity contribution in [3.63, 3.8) is 0 Å².